The van der Waals surface area contributed by atoms with Gasteiger partial charge in [0.1, 0.15) is 23.6 Å². The standard InChI is InChI=1S/C28H29N5O3/c1-17-11-21(7-10-25(17)35-22-8-5-18(2)29-14-22)33-27-23-12-20(6-9-24(23)31-16-32-27)13-26-30-15-28(4,36-26)19(3)34/h5-12,14,16,19,34H,13,15H2,1-4H3,(H,31,32,33)/t19?,28-/m0/s1. The highest BCUT2D eigenvalue weighted by Gasteiger charge is 2.37. The van der Waals surface area contributed by atoms with Crippen LogP contribution in [-0.4, -0.2) is 44.2 Å². The molecule has 2 aromatic heterocycles. The van der Waals surface area contributed by atoms with Crippen LogP contribution < -0.4 is 10.1 Å². The summed E-state index contributed by atoms with van der Waals surface area (Å²) in [5.41, 5.74) is 4.01. The average Bonchev–Trinajstić information content (AvgIpc) is 3.24. The van der Waals surface area contributed by atoms with E-state index in [9.17, 15) is 5.11 Å². The molecule has 0 radical (unpaired) electrons. The molecule has 3 heterocycles. The van der Waals surface area contributed by atoms with Crippen LogP contribution in [0.2, 0.25) is 0 Å². The molecule has 0 saturated heterocycles. The Morgan fingerprint density at radius 2 is 1.94 bits per heavy atom. The number of pyridine rings is 1. The summed E-state index contributed by atoms with van der Waals surface area (Å²) in [4.78, 5) is 17.7. The molecule has 0 fully saturated rings. The Balaban J connectivity index is 1.35. The Kier molecular flexibility index (Phi) is 6.28. The predicted molar refractivity (Wildman–Crippen MR) is 140 cm³/mol. The van der Waals surface area contributed by atoms with Gasteiger partial charge in [0.15, 0.2) is 11.5 Å². The van der Waals surface area contributed by atoms with Gasteiger partial charge in [0.25, 0.3) is 0 Å². The lowest BCUT2D eigenvalue weighted by molar-refractivity contribution is -0.0207. The van der Waals surface area contributed by atoms with E-state index in [-0.39, 0.29) is 0 Å². The number of rotatable bonds is 7. The highest BCUT2D eigenvalue weighted by molar-refractivity contribution is 5.92. The van der Waals surface area contributed by atoms with E-state index in [1.165, 1.54) is 0 Å². The number of nitrogens with one attached hydrogen (secondary N) is 1. The van der Waals surface area contributed by atoms with Crippen molar-refractivity contribution < 1.29 is 14.6 Å². The van der Waals surface area contributed by atoms with Gasteiger partial charge in [-0.15, -0.1) is 0 Å². The van der Waals surface area contributed by atoms with Crippen molar-refractivity contribution in [1.29, 1.82) is 0 Å². The van der Waals surface area contributed by atoms with E-state index in [0.29, 0.717) is 30.4 Å². The molecule has 1 unspecified atom stereocenters. The Hall–Kier alpha value is -4.04. The van der Waals surface area contributed by atoms with E-state index in [4.69, 9.17) is 9.47 Å². The van der Waals surface area contributed by atoms with Crippen LogP contribution in [0.1, 0.15) is 30.7 Å². The zero-order valence-electron chi connectivity index (χ0n) is 20.8. The summed E-state index contributed by atoms with van der Waals surface area (Å²) >= 11 is 0. The first-order chi connectivity index (χ1) is 17.3. The van der Waals surface area contributed by atoms with E-state index in [0.717, 1.165) is 39.2 Å². The summed E-state index contributed by atoms with van der Waals surface area (Å²) in [6.07, 6.45) is 3.20. The SMILES string of the molecule is Cc1ccc(Oc2ccc(Nc3ncnc4ccc(CC5=NC[C@@](C)(C(C)O)O5)cc34)cc2C)cn1. The molecule has 2 aromatic carbocycles. The number of aryl methyl sites for hydroxylation is 2. The lowest BCUT2D eigenvalue weighted by Gasteiger charge is -2.26. The maximum Gasteiger partial charge on any atom is 0.188 e. The Morgan fingerprint density at radius 1 is 1.08 bits per heavy atom. The van der Waals surface area contributed by atoms with Crippen LogP contribution in [-0.2, 0) is 11.2 Å². The fourth-order valence-electron chi connectivity index (χ4n) is 4.00. The minimum atomic E-state index is -0.675. The second-order valence-electron chi connectivity index (χ2n) is 9.39. The maximum atomic E-state index is 10.00. The summed E-state index contributed by atoms with van der Waals surface area (Å²) in [5, 5.41) is 14.3. The first-order valence-electron chi connectivity index (χ1n) is 11.9. The number of aromatic nitrogens is 3. The molecule has 0 spiro atoms. The van der Waals surface area contributed by atoms with Crippen LogP contribution in [0.25, 0.3) is 10.9 Å². The second kappa shape index (κ2) is 9.54. The molecule has 8 heteroatoms. The molecule has 2 N–H and O–H groups in total. The van der Waals surface area contributed by atoms with E-state index < -0.39 is 11.7 Å². The zero-order valence-corrected chi connectivity index (χ0v) is 20.8. The highest BCUT2D eigenvalue weighted by Crippen LogP contribution is 2.30. The molecule has 1 aliphatic rings. The molecule has 0 bridgehead atoms. The third-order valence-corrected chi connectivity index (χ3v) is 6.41. The minimum Gasteiger partial charge on any atom is -0.470 e. The number of aliphatic imine (C=N–C) groups is 1. The number of ether oxygens (including phenoxy) is 2. The van der Waals surface area contributed by atoms with Gasteiger partial charge in [0, 0.05) is 23.2 Å². The number of fused-ring (bicyclic) bond motifs is 1. The number of hydrogen-bond donors (Lipinski definition) is 2. The lowest BCUT2D eigenvalue weighted by Crippen LogP contribution is -2.41. The molecule has 0 saturated carbocycles. The van der Waals surface area contributed by atoms with Crippen LogP contribution in [0.5, 0.6) is 11.5 Å². The van der Waals surface area contributed by atoms with Gasteiger partial charge in [-0.3, -0.25) is 9.98 Å². The van der Waals surface area contributed by atoms with Crippen LogP contribution in [0.4, 0.5) is 11.5 Å². The molecular formula is C28H29N5O3. The van der Waals surface area contributed by atoms with Crippen molar-refractivity contribution in [2.75, 3.05) is 11.9 Å². The summed E-state index contributed by atoms with van der Waals surface area (Å²) in [5.74, 6) is 2.80. The quantitative estimate of drug-likeness (QED) is 0.368. The lowest BCUT2D eigenvalue weighted by atomic mass is 10.0. The van der Waals surface area contributed by atoms with Crippen molar-refractivity contribution in [3.8, 4) is 11.5 Å². The minimum absolute atomic E-state index is 0.447. The fraction of sp³-hybridized carbons (Fsp3) is 0.286. The van der Waals surface area contributed by atoms with Gasteiger partial charge in [0.05, 0.1) is 24.4 Å². The number of aliphatic hydroxyl groups excluding tert-OH is 1. The van der Waals surface area contributed by atoms with Gasteiger partial charge in [-0.1, -0.05) is 6.07 Å². The zero-order chi connectivity index (χ0) is 25.3. The molecule has 2 atom stereocenters. The number of nitrogens with zero attached hydrogens (tertiary/aromatic N) is 4. The molecule has 36 heavy (non-hydrogen) atoms. The van der Waals surface area contributed by atoms with Crippen molar-refractivity contribution in [3.05, 3.63) is 77.9 Å². The van der Waals surface area contributed by atoms with Crippen LogP contribution >= 0.6 is 0 Å². The van der Waals surface area contributed by atoms with Crippen molar-refractivity contribution in [2.24, 2.45) is 4.99 Å². The summed E-state index contributed by atoms with van der Waals surface area (Å²) in [6.45, 7) is 7.99. The Labute approximate surface area is 210 Å². The molecule has 184 valence electrons. The van der Waals surface area contributed by atoms with Crippen molar-refractivity contribution in [1.82, 2.24) is 15.0 Å². The van der Waals surface area contributed by atoms with E-state index in [2.05, 4.69) is 31.3 Å². The van der Waals surface area contributed by atoms with Gasteiger partial charge < -0.3 is 19.9 Å². The second-order valence-corrected chi connectivity index (χ2v) is 9.39. The van der Waals surface area contributed by atoms with Gasteiger partial charge in [-0.25, -0.2) is 9.97 Å². The normalized spacial score (nSPS) is 18.0. The van der Waals surface area contributed by atoms with Crippen molar-refractivity contribution >= 4 is 28.3 Å². The Bertz CT molecular complexity index is 1440. The van der Waals surface area contributed by atoms with Gasteiger partial charge >= 0.3 is 0 Å². The Morgan fingerprint density at radius 3 is 2.67 bits per heavy atom. The molecule has 1 aliphatic heterocycles. The molecule has 4 aromatic rings. The molecule has 8 nitrogen and oxygen atoms in total. The van der Waals surface area contributed by atoms with Gasteiger partial charge in [0.2, 0.25) is 0 Å². The molecule has 0 amide bonds. The maximum absolute atomic E-state index is 10.00. The largest absolute Gasteiger partial charge is 0.470 e. The molecular weight excluding hydrogens is 454 g/mol. The molecule has 0 aliphatic carbocycles. The highest BCUT2D eigenvalue weighted by atomic mass is 16.5. The van der Waals surface area contributed by atoms with Gasteiger partial charge in [-0.2, -0.15) is 0 Å². The number of anilines is 2. The summed E-state index contributed by atoms with van der Waals surface area (Å²) in [7, 11) is 0. The van der Waals surface area contributed by atoms with E-state index in [1.807, 2.05) is 63.2 Å². The van der Waals surface area contributed by atoms with Gasteiger partial charge in [-0.05, 0) is 81.3 Å². The third-order valence-electron chi connectivity index (χ3n) is 6.41. The first kappa shape index (κ1) is 23.7. The topological polar surface area (TPSA) is 102 Å². The number of aliphatic hydroxyl groups is 1. The van der Waals surface area contributed by atoms with Crippen LogP contribution in [0, 0.1) is 13.8 Å². The van der Waals surface area contributed by atoms with Crippen molar-refractivity contribution in [2.45, 2.75) is 45.8 Å². The summed E-state index contributed by atoms with van der Waals surface area (Å²) < 4.78 is 12.0. The van der Waals surface area contributed by atoms with Crippen LogP contribution in [0.15, 0.2) is 66.0 Å². The fourth-order valence-corrected chi connectivity index (χ4v) is 4.00. The van der Waals surface area contributed by atoms with Crippen molar-refractivity contribution in [3.63, 3.8) is 0 Å². The first-order valence-corrected chi connectivity index (χ1v) is 11.9. The monoisotopic (exact) mass is 483 g/mol. The van der Waals surface area contributed by atoms with E-state index in [1.54, 1.807) is 19.4 Å². The molecule has 5 rings (SSSR count). The average molecular weight is 484 g/mol. The third kappa shape index (κ3) is 4.99. The predicted octanol–water partition coefficient (Wildman–Crippen LogP) is 5.29. The van der Waals surface area contributed by atoms with Crippen LogP contribution in [0.3, 0.4) is 0 Å². The number of benzene rings is 2. The summed E-state index contributed by atoms with van der Waals surface area (Å²) in [6, 6.07) is 15.8. The number of hydrogen-bond acceptors (Lipinski definition) is 8. The van der Waals surface area contributed by atoms with E-state index >= 15 is 0 Å². The smallest absolute Gasteiger partial charge is 0.188 e.